The molecule has 1 rings (SSSR count). The maximum Gasteiger partial charge on any atom is 0.0443 e. The van der Waals surface area contributed by atoms with Gasteiger partial charge in [0.2, 0.25) is 0 Å². The summed E-state index contributed by atoms with van der Waals surface area (Å²) in [5, 5.41) is 3.37. The van der Waals surface area contributed by atoms with E-state index < -0.39 is 0 Å². The van der Waals surface area contributed by atoms with E-state index in [0.29, 0.717) is 12.1 Å². The van der Waals surface area contributed by atoms with Gasteiger partial charge in [0.25, 0.3) is 0 Å². The SMILES string of the molecule is CC(C)NC1C=CC=C1. The topological polar surface area (TPSA) is 12.0 Å². The zero-order valence-electron chi connectivity index (χ0n) is 5.96. The van der Waals surface area contributed by atoms with E-state index >= 15 is 0 Å². The van der Waals surface area contributed by atoms with Gasteiger partial charge < -0.3 is 5.32 Å². The van der Waals surface area contributed by atoms with Crippen LogP contribution in [-0.4, -0.2) is 12.1 Å². The van der Waals surface area contributed by atoms with E-state index in [1.54, 1.807) is 0 Å². The lowest BCUT2D eigenvalue weighted by Crippen LogP contribution is -2.30. The van der Waals surface area contributed by atoms with Crippen molar-refractivity contribution >= 4 is 0 Å². The Labute approximate surface area is 56.5 Å². The van der Waals surface area contributed by atoms with Crippen LogP contribution in [0.4, 0.5) is 0 Å². The van der Waals surface area contributed by atoms with Crippen molar-refractivity contribution in [2.75, 3.05) is 0 Å². The number of rotatable bonds is 2. The molecular formula is C8H13N. The molecule has 0 saturated carbocycles. The number of allylic oxidation sites excluding steroid dienone is 2. The zero-order valence-corrected chi connectivity index (χ0v) is 5.96. The van der Waals surface area contributed by atoms with Gasteiger partial charge >= 0.3 is 0 Å². The van der Waals surface area contributed by atoms with E-state index in [0.717, 1.165) is 0 Å². The molecule has 1 N–H and O–H groups in total. The molecule has 0 unspecified atom stereocenters. The van der Waals surface area contributed by atoms with Gasteiger partial charge in [-0.3, -0.25) is 0 Å². The number of nitrogens with one attached hydrogen (secondary N) is 1. The second-order valence-corrected chi connectivity index (χ2v) is 2.62. The average molecular weight is 123 g/mol. The summed E-state index contributed by atoms with van der Waals surface area (Å²) >= 11 is 0. The van der Waals surface area contributed by atoms with Gasteiger partial charge in [-0.15, -0.1) is 0 Å². The molecule has 9 heavy (non-hydrogen) atoms. The van der Waals surface area contributed by atoms with Crippen molar-refractivity contribution in [2.45, 2.75) is 25.9 Å². The lowest BCUT2D eigenvalue weighted by molar-refractivity contribution is 0.580. The van der Waals surface area contributed by atoms with Crippen LogP contribution in [-0.2, 0) is 0 Å². The van der Waals surface area contributed by atoms with Crippen molar-refractivity contribution in [3.05, 3.63) is 24.3 Å². The van der Waals surface area contributed by atoms with Crippen molar-refractivity contribution in [1.29, 1.82) is 0 Å². The minimum absolute atomic E-state index is 0.477. The molecule has 0 heterocycles. The summed E-state index contributed by atoms with van der Waals surface area (Å²) < 4.78 is 0. The molecule has 0 aromatic heterocycles. The molecule has 0 aromatic rings. The maximum atomic E-state index is 3.37. The van der Waals surface area contributed by atoms with Gasteiger partial charge in [0.1, 0.15) is 0 Å². The highest BCUT2D eigenvalue weighted by Gasteiger charge is 2.02. The summed E-state index contributed by atoms with van der Waals surface area (Å²) in [5.41, 5.74) is 0. The highest BCUT2D eigenvalue weighted by molar-refractivity contribution is 5.21. The summed E-state index contributed by atoms with van der Waals surface area (Å²) in [7, 11) is 0. The van der Waals surface area contributed by atoms with Gasteiger partial charge in [-0.1, -0.05) is 38.2 Å². The Balaban J connectivity index is 2.29. The normalized spacial score (nSPS) is 18.1. The smallest absolute Gasteiger partial charge is 0.0443 e. The first kappa shape index (κ1) is 6.56. The fourth-order valence-corrected chi connectivity index (χ4v) is 0.928. The van der Waals surface area contributed by atoms with Crippen LogP contribution >= 0.6 is 0 Å². The molecule has 1 aliphatic rings. The van der Waals surface area contributed by atoms with Crippen molar-refractivity contribution in [2.24, 2.45) is 0 Å². The van der Waals surface area contributed by atoms with Gasteiger partial charge in [-0.2, -0.15) is 0 Å². The third-order valence-corrected chi connectivity index (χ3v) is 1.27. The van der Waals surface area contributed by atoms with E-state index in [-0.39, 0.29) is 0 Å². The average Bonchev–Trinajstić information content (AvgIpc) is 2.15. The summed E-state index contributed by atoms with van der Waals surface area (Å²) in [4.78, 5) is 0. The predicted octanol–water partition coefficient (Wildman–Crippen LogP) is 1.48. The summed E-state index contributed by atoms with van der Waals surface area (Å²) in [5.74, 6) is 0. The predicted molar refractivity (Wildman–Crippen MR) is 40.3 cm³/mol. The summed E-state index contributed by atoms with van der Waals surface area (Å²) in [6.07, 6.45) is 8.44. The lowest BCUT2D eigenvalue weighted by Gasteiger charge is -2.11. The van der Waals surface area contributed by atoms with Gasteiger partial charge in [0.05, 0.1) is 0 Å². The Morgan fingerprint density at radius 3 is 2.22 bits per heavy atom. The molecule has 0 amide bonds. The van der Waals surface area contributed by atoms with Crippen LogP contribution in [0.1, 0.15) is 13.8 Å². The largest absolute Gasteiger partial charge is 0.305 e. The highest BCUT2D eigenvalue weighted by atomic mass is 14.9. The second kappa shape index (κ2) is 2.83. The Kier molecular flexibility index (Phi) is 2.06. The first-order chi connectivity index (χ1) is 4.29. The van der Waals surface area contributed by atoms with E-state index in [4.69, 9.17) is 0 Å². The van der Waals surface area contributed by atoms with Crippen LogP contribution < -0.4 is 5.32 Å². The zero-order chi connectivity index (χ0) is 6.69. The monoisotopic (exact) mass is 123 g/mol. The van der Waals surface area contributed by atoms with Crippen LogP contribution in [0.3, 0.4) is 0 Å². The van der Waals surface area contributed by atoms with Crippen LogP contribution in [0.5, 0.6) is 0 Å². The fraction of sp³-hybridized carbons (Fsp3) is 0.500. The lowest BCUT2D eigenvalue weighted by atomic mass is 10.3. The third-order valence-electron chi connectivity index (χ3n) is 1.27. The van der Waals surface area contributed by atoms with E-state index in [1.165, 1.54) is 0 Å². The molecule has 0 saturated heterocycles. The molecule has 0 spiro atoms. The van der Waals surface area contributed by atoms with Gasteiger partial charge in [-0.05, 0) is 0 Å². The van der Waals surface area contributed by atoms with Crippen molar-refractivity contribution < 1.29 is 0 Å². The van der Waals surface area contributed by atoms with E-state index in [1.807, 2.05) is 0 Å². The number of hydrogen-bond acceptors (Lipinski definition) is 1. The molecule has 1 heteroatoms. The molecule has 0 bridgehead atoms. The minimum atomic E-state index is 0.477. The fourth-order valence-electron chi connectivity index (χ4n) is 0.928. The molecule has 50 valence electrons. The standard InChI is InChI=1S/C8H13N/c1-7(2)9-8-5-3-4-6-8/h3-9H,1-2H3. The first-order valence-electron chi connectivity index (χ1n) is 3.40. The van der Waals surface area contributed by atoms with Crippen molar-refractivity contribution in [3.8, 4) is 0 Å². The highest BCUT2D eigenvalue weighted by Crippen LogP contribution is 1.99. The molecule has 0 radical (unpaired) electrons. The Bertz CT molecular complexity index is 122. The molecule has 0 fully saturated rings. The molecular weight excluding hydrogens is 110 g/mol. The Hall–Kier alpha value is -0.560. The third kappa shape index (κ3) is 2.02. The molecule has 0 aromatic carbocycles. The number of hydrogen-bond donors (Lipinski definition) is 1. The van der Waals surface area contributed by atoms with Crippen molar-refractivity contribution in [3.63, 3.8) is 0 Å². The summed E-state index contributed by atoms with van der Waals surface area (Å²) in [6, 6.07) is 1.05. The summed E-state index contributed by atoms with van der Waals surface area (Å²) in [6.45, 7) is 4.31. The van der Waals surface area contributed by atoms with Crippen molar-refractivity contribution in [1.82, 2.24) is 5.32 Å². The van der Waals surface area contributed by atoms with E-state index in [9.17, 15) is 0 Å². The minimum Gasteiger partial charge on any atom is -0.305 e. The van der Waals surface area contributed by atoms with Gasteiger partial charge in [-0.25, -0.2) is 0 Å². The second-order valence-electron chi connectivity index (χ2n) is 2.62. The van der Waals surface area contributed by atoms with Crippen LogP contribution in [0.15, 0.2) is 24.3 Å². The van der Waals surface area contributed by atoms with Crippen LogP contribution in [0, 0.1) is 0 Å². The molecule has 1 nitrogen and oxygen atoms in total. The van der Waals surface area contributed by atoms with Gasteiger partial charge in [0, 0.05) is 12.1 Å². The molecule has 0 atom stereocenters. The quantitative estimate of drug-likeness (QED) is 0.586. The van der Waals surface area contributed by atoms with E-state index in [2.05, 4.69) is 43.5 Å². The molecule has 0 aliphatic heterocycles. The Morgan fingerprint density at radius 2 is 1.78 bits per heavy atom. The Morgan fingerprint density at radius 1 is 1.22 bits per heavy atom. The van der Waals surface area contributed by atoms with Gasteiger partial charge in [0.15, 0.2) is 0 Å². The molecule has 1 aliphatic carbocycles. The van der Waals surface area contributed by atoms with Crippen LogP contribution in [0.2, 0.25) is 0 Å². The van der Waals surface area contributed by atoms with Crippen LogP contribution in [0.25, 0.3) is 0 Å². The maximum absolute atomic E-state index is 3.37. The first-order valence-corrected chi connectivity index (χ1v) is 3.40.